The molecule has 0 aliphatic carbocycles. The van der Waals surface area contributed by atoms with E-state index in [1.54, 1.807) is 36.4 Å². The van der Waals surface area contributed by atoms with Gasteiger partial charge in [-0.15, -0.1) is 0 Å². The minimum atomic E-state index is -3.97. The molecule has 1 heterocycles. The molecule has 1 aliphatic heterocycles. The number of nitrogens with one attached hydrogen (secondary N) is 1. The van der Waals surface area contributed by atoms with Crippen LogP contribution < -0.4 is 10.2 Å². The highest BCUT2D eigenvalue weighted by atomic mass is 32.2. The highest BCUT2D eigenvalue weighted by Gasteiger charge is 2.38. The van der Waals surface area contributed by atoms with E-state index in [1.165, 1.54) is 28.6 Å². The lowest BCUT2D eigenvalue weighted by Gasteiger charge is -2.34. The first-order valence-electron chi connectivity index (χ1n) is 14.7. The van der Waals surface area contributed by atoms with Crippen LogP contribution in [0.15, 0.2) is 83.8 Å². The number of carbonyl (C=O) groups excluding carboxylic acids is 2. The van der Waals surface area contributed by atoms with E-state index in [0.717, 1.165) is 59.7 Å². The summed E-state index contributed by atoms with van der Waals surface area (Å²) in [5.74, 6) is -0.749. The summed E-state index contributed by atoms with van der Waals surface area (Å²) in [7, 11) is -1.99. The Kier molecular flexibility index (Phi) is 9.22. The molecule has 7 nitrogen and oxygen atoms in total. The van der Waals surface area contributed by atoms with Gasteiger partial charge in [0.2, 0.25) is 15.9 Å². The Morgan fingerprint density at radius 1 is 1.00 bits per heavy atom. The van der Waals surface area contributed by atoms with E-state index in [1.807, 2.05) is 25.2 Å². The number of sulfonamides is 1. The number of rotatable bonds is 10. The third kappa shape index (κ3) is 6.33. The zero-order valence-electron chi connectivity index (χ0n) is 24.4. The van der Waals surface area contributed by atoms with Crippen LogP contribution in [0.5, 0.6) is 0 Å². The van der Waals surface area contributed by atoms with Crippen molar-refractivity contribution in [3.05, 3.63) is 90.2 Å². The summed E-state index contributed by atoms with van der Waals surface area (Å²) in [6.45, 7) is 3.18. The molecule has 43 heavy (non-hydrogen) atoms. The molecule has 4 aromatic rings. The minimum absolute atomic E-state index is 0.0959. The fourth-order valence-corrected chi connectivity index (χ4v) is 7.38. The van der Waals surface area contributed by atoms with Crippen LogP contribution in [0.1, 0.15) is 49.4 Å². The molecule has 0 spiro atoms. The topological polar surface area (TPSA) is 86.8 Å². The van der Waals surface area contributed by atoms with Crippen molar-refractivity contribution in [2.75, 3.05) is 30.4 Å². The molecule has 1 N–H and O–H groups in total. The molecule has 9 heteroatoms. The maximum atomic E-state index is 13.8. The smallest absolute Gasteiger partial charge is 0.243 e. The van der Waals surface area contributed by atoms with E-state index in [4.69, 9.17) is 0 Å². The summed E-state index contributed by atoms with van der Waals surface area (Å²) < 4.78 is 42.2. The van der Waals surface area contributed by atoms with Gasteiger partial charge in [-0.1, -0.05) is 62.2 Å². The van der Waals surface area contributed by atoms with Crippen molar-refractivity contribution < 1.29 is 22.4 Å². The van der Waals surface area contributed by atoms with Gasteiger partial charge in [-0.2, -0.15) is 4.31 Å². The number of hydrogen-bond acceptors (Lipinski definition) is 5. The SMILES string of the molecule is CCCCN(C)c1ccc(NC(=O)C2CCCCN2S(=O)(=O)c2ccc(-c3ccc(F)cc3)cc2)c2cccc(C=O)c12. The first-order chi connectivity index (χ1) is 20.7. The second kappa shape index (κ2) is 13.1. The molecule has 1 amide bonds. The van der Waals surface area contributed by atoms with E-state index >= 15 is 0 Å². The van der Waals surface area contributed by atoms with Gasteiger partial charge in [0.1, 0.15) is 11.9 Å². The first-order valence-corrected chi connectivity index (χ1v) is 16.1. The zero-order valence-corrected chi connectivity index (χ0v) is 25.2. The quantitative estimate of drug-likeness (QED) is 0.200. The van der Waals surface area contributed by atoms with Crippen LogP contribution in [-0.4, -0.2) is 51.1 Å². The van der Waals surface area contributed by atoms with Crippen molar-refractivity contribution in [2.45, 2.75) is 50.0 Å². The van der Waals surface area contributed by atoms with Gasteiger partial charge < -0.3 is 10.2 Å². The van der Waals surface area contributed by atoms with Gasteiger partial charge in [0.05, 0.1) is 4.90 Å². The summed E-state index contributed by atoms with van der Waals surface area (Å²) in [6, 6.07) is 20.7. The Morgan fingerprint density at radius 3 is 2.37 bits per heavy atom. The molecule has 0 aromatic heterocycles. The Balaban J connectivity index is 1.42. The van der Waals surface area contributed by atoms with Crippen molar-refractivity contribution in [3.63, 3.8) is 0 Å². The number of carbonyl (C=O) groups is 2. The minimum Gasteiger partial charge on any atom is -0.374 e. The van der Waals surface area contributed by atoms with Crippen LogP contribution in [-0.2, 0) is 14.8 Å². The van der Waals surface area contributed by atoms with Crippen molar-refractivity contribution in [1.29, 1.82) is 0 Å². The maximum Gasteiger partial charge on any atom is 0.243 e. The average molecular weight is 602 g/mol. The number of unbranched alkanes of at least 4 members (excludes halogenated alkanes) is 1. The number of nitrogens with zero attached hydrogens (tertiary/aromatic N) is 2. The number of anilines is 2. The summed E-state index contributed by atoms with van der Waals surface area (Å²) in [5, 5.41) is 4.47. The molecular weight excluding hydrogens is 565 g/mol. The first kappa shape index (κ1) is 30.4. The van der Waals surface area contributed by atoms with Gasteiger partial charge in [-0.3, -0.25) is 9.59 Å². The number of fused-ring (bicyclic) bond motifs is 1. The molecule has 4 aromatic carbocycles. The second-order valence-electron chi connectivity index (χ2n) is 10.9. The van der Waals surface area contributed by atoms with E-state index in [2.05, 4.69) is 17.1 Å². The third-order valence-corrected chi connectivity index (χ3v) is 10.0. The molecule has 224 valence electrons. The molecule has 0 bridgehead atoms. The number of piperidine rings is 1. The number of aldehydes is 1. The summed E-state index contributed by atoms with van der Waals surface area (Å²) >= 11 is 0. The third-order valence-electron chi connectivity index (χ3n) is 8.09. The summed E-state index contributed by atoms with van der Waals surface area (Å²) in [4.78, 5) is 28.0. The molecule has 0 saturated carbocycles. The highest BCUT2D eigenvalue weighted by molar-refractivity contribution is 7.89. The Labute approximate surface area is 252 Å². The Bertz CT molecular complexity index is 1720. The van der Waals surface area contributed by atoms with Crippen LogP contribution >= 0.6 is 0 Å². The lowest BCUT2D eigenvalue weighted by molar-refractivity contribution is -0.120. The fraction of sp³-hybridized carbons (Fsp3) is 0.294. The van der Waals surface area contributed by atoms with Gasteiger partial charge in [0.15, 0.2) is 6.29 Å². The van der Waals surface area contributed by atoms with Gasteiger partial charge >= 0.3 is 0 Å². The molecule has 1 fully saturated rings. The average Bonchev–Trinajstić information content (AvgIpc) is 3.03. The fourth-order valence-electron chi connectivity index (χ4n) is 5.72. The summed E-state index contributed by atoms with van der Waals surface area (Å²) in [6.07, 6.45) is 4.64. The molecular formula is C34H36FN3O4S. The molecule has 1 unspecified atom stereocenters. The number of halogens is 1. The lowest BCUT2D eigenvalue weighted by atomic mass is 10.00. The second-order valence-corrected chi connectivity index (χ2v) is 12.8. The lowest BCUT2D eigenvalue weighted by Crippen LogP contribution is -2.49. The molecule has 1 atom stereocenters. The van der Waals surface area contributed by atoms with Crippen LogP contribution in [0, 0.1) is 5.82 Å². The van der Waals surface area contributed by atoms with Crippen LogP contribution in [0.3, 0.4) is 0 Å². The predicted molar refractivity (Wildman–Crippen MR) is 170 cm³/mol. The van der Waals surface area contributed by atoms with E-state index in [-0.39, 0.29) is 17.3 Å². The van der Waals surface area contributed by atoms with Crippen molar-refractivity contribution in [2.24, 2.45) is 0 Å². The van der Waals surface area contributed by atoms with Gasteiger partial charge in [-0.05, 0) is 66.8 Å². The normalized spacial score (nSPS) is 15.7. The molecule has 1 aliphatic rings. The van der Waals surface area contributed by atoms with Crippen molar-refractivity contribution in [1.82, 2.24) is 4.31 Å². The van der Waals surface area contributed by atoms with Crippen LogP contribution in [0.25, 0.3) is 21.9 Å². The van der Waals surface area contributed by atoms with Gasteiger partial charge in [0, 0.05) is 47.8 Å². The number of hydrogen-bond donors (Lipinski definition) is 1. The highest BCUT2D eigenvalue weighted by Crippen LogP contribution is 2.35. The standard InChI is InChI=1S/C34H36FN3O4S/c1-3-4-21-37(2)31-20-19-30(29-9-7-8-26(23-39)33(29)31)36-34(40)32-10-5-6-22-38(32)43(41,42)28-17-13-25(14-18-28)24-11-15-27(35)16-12-24/h7-9,11-20,23,32H,3-6,10,21-22H2,1-2H3,(H,36,40). The van der Waals surface area contributed by atoms with E-state index < -0.39 is 22.0 Å². The summed E-state index contributed by atoms with van der Waals surface area (Å²) in [5.41, 5.74) is 3.49. The number of benzene rings is 4. The maximum absolute atomic E-state index is 13.8. The van der Waals surface area contributed by atoms with Crippen molar-refractivity contribution >= 4 is 44.4 Å². The van der Waals surface area contributed by atoms with E-state index in [0.29, 0.717) is 24.1 Å². The molecule has 5 rings (SSSR count). The number of amides is 1. The molecule has 0 radical (unpaired) electrons. The van der Waals surface area contributed by atoms with E-state index in [9.17, 15) is 22.4 Å². The van der Waals surface area contributed by atoms with Crippen molar-refractivity contribution in [3.8, 4) is 11.1 Å². The molecule has 1 saturated heterocycles. The largest absolute Gasteiger partial charge is 0.374 e. The monoisotopic (exact) mass is 601 g/mol. The van der Waals surface area contributed by atoms with Crippen LogP contribution in [0.2, 0.25) is 0 Å². The predicted octanol–water partition coefficient (Wildman–Crippen LogP) is 6.88. The Morgan fingerprint density at radius 2 is 1.70 bits per heavy atom. The van der Waals surface area contributed by atoms with Gasteiger partial charge in [-0.25, -0.2) is 12.8 Å². The van der Waals surface area contributed by atoms with Crippen LogP contribution in [0.4, 0.5) is 15.8 Å². The zero-order chi connectivity index (χ0) is 30.6. The Hall–Kier alpha value is -4.08. The van der Waals surface area contributed by atoms with Gasteiger partial charge in [0.25, 0.3) is 0 Å².